The highest BCUT2D eigenvalue weighted by atomic mass is 16.5. The minimum atomic E-state index is -0.252. The standard InChI is InChI=1S/C10H16O2.C2H4O2/c1-2-3-4-8-7-9(11)5-6-10(8)12;1-4-2-3/h2,8-9,11H,1,3-7H2;2H,1H3/t8-,9?;/m0./s1. The van der Waals surface area contributed by atoms with Crippen LogP contribution >= 0.6 is 0 Å². The van der Waals surface area contributed by atoms with E-state index in [9.17, 15) is 9.90 Å². The van der Waals surface area contributed by atoms with Crippen molar-refractivity contribution in [2.75, 3.05) is 7.11 Å². The average Bonchev–Trinajstić information content (AvgIpc) is 2.30. The summed E-state index contributed by atoms with van der Waals surface area (Å²) in [6.07, 6.45) is 5.19. The third-order valence-electron chi connectivity index (χ3n) is 2.55. The van der Waals surface area contributed by atoms with Crippen molar-refractivity contribution in [2.24, 2.45) is 5.92 Å². The predicted octanol–water partition coefficient (Wildman–Crippen LogP) is 1.47. The zero-order chi connectivity index (χ0) is 12.4. The molecule has 1 fully saturated rings. The van der Waals surface area contributed by atoms with Crippen molar-refractivity contribution in [3.8, 4) is 0 Å². The third kappa shape index (κ3) is 6.35. The Labute approximate surface area is 96.3 Å². The normalized spacial score (nSPS) is 24.0. The van der Waals surface area contributed by atoms with E-state index in [1.807, 2.05) is 6.08 Å². The molecule has 1 unspecified atom stereocenters. The monoisotopic (exact) mass is 228 g/mol. The SMILES string of the molecule is C=CCC[C@H]1CC(O)CCC1=O.COC=O. The first-order valence-corrected chi connectivity index (χ1v) is 5.43. The number of allylic oxidation sites excluding steroid dienone is 1. The van der Waals surface area contributed by atoms with Gasteiger partial charge in [-0.25, -0.2) is 0 Å². The lowest BCUT2D eigenvalue weighted by Gasteiger charge is -2.24. The molecule has 0 heterocycles. The number of hydrogen-bond acceptors (Lipinski definition) is 4. The molecule has 0 saturated heterocycles. The van der Waals surface area contributed by atoms with Crippen LogP contribution in [0, 0.1) is 5.92 Å². The molecule has 2 atom stereocenters. The first-order chi connectivity index (χ1) is 7.65. The van der Waals surface area contributed by atoms with Crippen molar-refractivity contribution in [1.29, 1.82) is 0 Å². The zero-order valence-electron chi connectivity index (χ0n) is 9.72. The van der Waals surface area contributed by atoms with Crippen molar-refractivity contribution in [2.45, 2.75) is 38.2 Å². The third-order valence-corrected chi connectivity index (χ3v) is 2.55. The lowest BCUT2D eigenvalue weighted by atomic mass is 9.83. The highest BCUT2D eigenvalue weighted by molar-refractivity contribution is 5.81. The van der Waals surface area contributed by atoms with Gasteiger partial charge in [-0.1, -0.05) is 6.08 Å². The molecule has 1 rings (SSSR count). The van der Waals surface area contributed by atoms with Crippen molar-refractivity contribution >= 4 is 12.3 Å². The van der Waals surface area contributed by atoms with Gasteiger partial charge >= 0.3 is 0 Å². The van der Waals surface area contributed by atoms with E-state index in [2.05, 4.69) is 11.3 Å². The molecule has 0 spiro atoms. The van der Waals surface area contributed by atoms with Crippen molar-refractivity contribution in [3.63, 3.8) is 0 Å². The maximum atomic E-state index is 11.3. The van der Waals surface area contributed by atoms with Crippen LogP contribution in [0.1, 0.15) is 32.1 Å². The Balaban J connectivity index is 0.000000487. The van der Waals surface area contributed by atoms with Crippen LogP contribution in [-0.4, -0.2) is 30.6 Å². The summed E-state index contributed by atoms with van der Waals surface area (Å²) in [7, 11) is 1.31. The van der Waals surface area contributed by atoms with Gasteiger partial charge in [0.2, 0.25) is 0 Å². The summed E-state index contributed by atoms with van der Waals surface area (Å²) in [5.74, 6) is 0.411. The number of rotatable bonds is 4. The fraction of sp³-hybridized carbons (Fsp3) is 0.667. The van der Waals surface area contributed by atoms with Gasteiger partial charge in [-0.2, -0.15) is 0 Å². The Hall–Kier alpha value is -1.16. The fourth-order valence-electron chi connectivity index (χ4n) is 1.69. The van der Waals surface area contributed by atoms with Gasteiger partial charge in [0.15, 0.2) is 0 Å². The van der Waals surface area contributed by atoms with E-state index in [0.29, 0.717) is 31.5 Å². The Kier molecular flexibility index (Phi) is 8.43. The molecule has 1 saturated carbocycles. The molecule has 92 valence electrons. The van der Waals surface area contributed by atoms with Gasteiger partial charge in [0, 0.05) is 12.3 Å². The lowest BCUT2D eigenvalue weighted by Crippen LogP contribution is -2.27. The number of carbonyl (C=O) groups is 2. The molecule has 0 aromatic heterocycles. The Morgan fingerprint density at radius 3 is 2.75 bits per heavy atom. The van der Waals surface area contributed by atoms with E-state index in [0.717, 1.165) is 12.8 Å². The maximum Gasteiger partial charge on any atom is 0.292 e. The van der Waals surface area contributed by atoms with Gasteiger partial charge in [0.05, 0.1) is 13.2 Å². The summed E-state index contributed by atoms with van der Waals surface area (Å²) in [5, 5.41) is 9.32. The van der Waals surface area contributed by atoms with Gasteiger partial charge in [0.1, 0.15) is 5.78 Å². The van der Waals surface area contributed by atoms with E-state index < -0.39 is 0 Å². The summed E-state index contributed by atoms with van der Waals surface area (Å²) in [6, 6.07) is 0. The van der Waals surface area contributed by atoms with E-state index in [-0.39, 0.29) is 12.0 Å². The Morgan fingerprint density at radius 2 is 2.25 bits per heavy atom. The number of ketones is 1. The van der Waals surface area contributed by atoms with Gasteiger partial charge in [-0.15, -0.1) is 6.58 Å². The van der Waals surface area contributed by atoms with E-state index in [1.54, 1.807) is 0 Å². The minimum absolute atomic E-state index is 0.0896. The summed E-state index contributed by atoms with van der Waals surface area (Å²) in [4.78, 5) is 20.3. The summed E-state index contributed by atoms with van der Waals surface area (Å²) < 4.78 is 3.86. The molecule has 0 aliphatic heterocycles. The van der Waals surface area contributed by atoms with Gasteiger partial charge < -0.3 is 9.84 Å². The topological polar surface area (TPSA) is 63.6 Å². The largest absolute Gasteiger partial charge is 0.471 e. The van der Waals surface area contributed by atoms with Crippen LogP contribution in [-0.2, 0) is 14.3 Å². The number of ether oxygens (including phenoxy) is 1. The van der Waals surface area contributed by atoms with Gasteiger partial charge in [-0.3, -0.25) is 9.59 Å². The predicted molar refractivity (Wildman–Crippen MR) is 60.9 cm³/mol. The van der Waals surface area contributed by atoms with Crippen LogP contribution in [0.2, 0.25) is 0 Å². The quantitative estimate of drug-likeness (QED) is 0.584. The Bertz CT molecular complexity index is 225. The highest BCUT2D eigenvalue weighted by Gasteiger charge is 2.26. The first kappa shape index (κ1) is 14.8. The zero-order valence-corrected chi connectivity index (χ0v) is 9.72. The first-order valence-electron chi connectivity index (χ1n) is 5.43. The van der Waals surface area contributed by atoms with Crippen molar-refractivity contribution < 1.29 is 19.4 Å². The van der Waals surface area contributed by atoms with E-state index in [4.69, 9.17) is 4.79 Å². The van der Waals surface area contributed by atoms with Crippen molar-refractivity contribution in [1.82, 2.24) is 0 Å². The summed E-state index contributed by atoms with van der Waals surface area (Å²) in [5.41, 5.74) is 0. The Morgan fingerprint density at radius 1 is 1.62 bits per heavy atom. The number of Topliss-reactive ketones (excluding diaryl/α,β-unsaturated/α-hetero) is 1. The lowest BCUT2D eigenvalue weighted by molar-refractivity contribution is -0.127. The molecular formula is C12H20O4. The molecule has 4 heteroatoms. The van der Waals surface area contributed by atoms with Gasteiger partial charge in [-0.05, 0) is 25.7 Å². The van der Waals surface area contributed by atoms with Crippen LogP contribution in [0.3, 0.4) is 0 Å². The number of methoxy groups -OCH3 is 1. The molecule has 1 aliphatic rings. The second-order valence-electron chi connectivity index (χ2n) is 3.79. The summed E-state index contributed by atoms with van der Waals surface area (Å²) in [6.45, 7) is 3.99. The van der Waals surface area contributed by atoms with Crippen molar-refractivity contribution in [3.05, 3.63) is 12.7 Å². The minimum Gasteiger partial charge on any atom is -0.471 e. The van der Waals surface area contributed by atoms with Crippen LogP contribution in [0.15, 0.2) is 12.7 Å². The van der Waals surface area contributed by atoms with Crippen LogP contribution in [0.5, 0.6) is 0 Å². The second kappa shape index (κ2) is 9.09. The molecular weight excluding hydrogens is 208 g/mol. The number of aliphatic hydroxyl groups excluding tert-OH is 1. The number of carbonyl (C=O) groups excluding carboxylic acids is 2. The molecule has 0 radical (unpaired) electrons. The number of hydrogen-bond donors (Lipinski definition) is 1. The fourth-order valence-corrected chi connectivity index (χ4v) is 1.69. The number of aliphatic hydroxyl groups is 1. The van der Waals surface area contributed by atoms with E-state index >= 15 is 0 Å². The summed E-state index contributed by atoms with van der Waals surface area (Å²) >= 11 is 0. The highest BCUT2D eigenvalue weighted by Crippen LogP contribution is 2.24. The molecule has 0 amide bonds. The van der Waals surface area contributed by atoms with Crippen LogP contribution < -0.4 is 0 Å². The molecule has 1 N–H and O–H groups in total. The second-order valence-corrected chi connectivity index (χ2v) is 3.79. The molecule has 0 aromatic rings. The average molecular weight is 228 g/mol. The van der Waals surface area contributed by atoms with Gasteiger partial charge in [0.25, 0.3) is 6.47 Å². The van der Waals surface area contributed by atoms with E-state index in [1.165, 1.54) is 7.11 Å². The smallest absolute Gasteiger partial charge is 0.292 e. The molecule has 1 aliphatic carbocycles. The molecule has 16 heavy (non-hydrogen) atoms. The molecule has 4 nitrogen and oxygen atoms in total. The molecule has 0 aromatic carbocycles. The van der Waals surface area contributed by atoms with Crippen LogP contribution in [0.4, 0.5) is 0 Å². The molecule has 0 bridgehead atoms. The van der Waals surface area contributed by atoms with Crippen LogP contribution in [0.25, 0.3) is 0 Å². The maximum absolute atomic E-state index is 11.3.